The van der Waals surface area contributed by atoms with Gasteiger partial charge in [-0.05, 0) is 116 Å². The van der Waals surface area contributed by atoms with Gasteiger partial charge in [-0.1, -0.05) is 36.4 Å². The summed E-state index contributed by atoms with van der Waals surface area (Å²) in [6.45, 7) is 8.62. The van der Waals surface area contributed by atoms with Crippen LogP contribution in [0.25, 0.3) is 0 Å². The quantitative estimate of drug-likeness (QED) is 0.366. The first kappa shape index (κ1) is 20.7. The van der Waals surface area contributed by atoms with Crippen LogP contribution in [0, 0.1) is 27.7 Å². The van der Waals surface area contributed by atoms with Gasteiger partial charge >= 0.3 is 0 Å². The molecule has 156 valence electrons. The number of aryl methyl sites for hydroxylation is 4. The molecule has 2 nitrogen and oxygen atoms in total. The van der Waals surface area contributed by atoms with E-state index < -0.39 is 0 Å². The highest BCUT2D eigenvalue weighted by molar-refractivity contribution is 5.77. The first-order chi connectivity index (χ1) is 14.9. The Kier molecular flexibility index (Phi) is 5.81. The Labute approximate surface area is 185 Å². The molecule has 0 amide bonds. The van der Waals surface area contributed by atoms with Crippen molar-refractivity contribution in [3.05, 3.63) is 118 Å². The van der Waals surface area contributed by atoms with E-state index in [1.54, 1.807) is 6.07 Å². The van der Waals surface area contributed by atoms with Crippen molar-refractivity contribution < 1.29 is 5.11 Å². The average Bonchev–Trinajstić information content (AvgIpc) is 2.75. The highest BCUT2D eigenvalue weighted by Crippen LogP contribution is 2.36. The summed E-state index contributed by atoms with van der Waals surface area (Å²) in [6, 6.07) is 29.5. The van der Waals surface area contributed by atoms with Crippen molar-refractivity contribution in [3.8, 4) is 5.75 Å². The number of phenolic OH excluding ortho intramolecular Hbond substituents is 1. The number of aromatic hydroxyl groups is 1. The van der Waals surface area contributed by atoms with Crippen molar-refractivity contribution in [2.24, 2.45) is 0 Å². The predicted octanol–water partition coefficient (Wildman–Crippen LogP) is 7.69. The average molecular weight is 408 g/mol. The minimum Gasteiger partial charge on any atom is -0.508 e. The molecule has 1 N–H and O–H groups in total. The van der Waals surface area contributed by atoms with Gasteiger partial charge in [0.05, 0.1) is 0 Å². The van der Waals surface area contributed by atoms with Gasteiger partial charge in [-0.25, -0.2) is 0 Å². The SMILES string of the molecule is Cc1ccc(N(c2ccc(Cc3cccc(O)c3)cc2)c2ccc(C)c(C)c2)cc1C. The Balaban J connectivity index is 1.72. The monoisotopic (exact) mass is 407 g/mol. The molecule has 4 aromatic carbocycles. The lowest BCUT2D eigenvalue weighted by atomic mass is 10.0. The molecule has 4 rings (SSSR count). The van der Waals surface area contributed by atoms with Gasteiger partial charge in [-0.15, -0.1) is 0 Å². The van der Waals surface area contributed by atoms with E-state index in [0.717, 1.165) is 29.0 Å². The van der Waals surface area contributed by atoms with Crippen molar-refractivity contribution in [1.82, 2.24) is 0 Å². The van der Waals surface area contributed by atoms with Crippen molar-refractivity contribution >= 4 is 17.1 Å². The number of benzene rings is 4. The van der Waals surface area contributed by atoms with Gasteiger partial charge in [-0.3, -0.25) is 0 Å². The Hall–Kier alpha value is -3.52. The van der Waals surface area contributed by atoms with Gasteiger partial charge in [0.15, 0.2) is 0 Å². The smallest absolute Gasteiger partial charge is 0.115 e. The van der Waals surface area contributed by atoms with E-state index in [1.807, 2.05) is 18.2 Å². The van der Waals surface area contributed by atoms with E-state index >= 15 is 0 Å². The van der Waals surface area contributed by atoms with Crippen LogP contribution in [0.5, 0.6) is 5.75 Å². The molecule has 0 heterocycles. The summed E-state index contributed by atoms with van der Waals surface area (Å²) in [5.41, 5.74) is 10.9. The summed E-state index contributed by atoms with van der Waals surface area (Å²) in [6.07, 6.45) is 0.794. The number of anilines is 3. The van der Waals surface area contributed by atoms with Crippen LogP contribution in [0.2, 0.25) is 0 Å². The van der Waals surface area contributed by atoms with Crippen LogP contribution in [0.1, 0.15) is 33.4 Å². The van der Waals surface area contributed by atoms with Crippen LogP contribution in [0.4, 0.5) is 17.1 Å². The predicted molar refractivity (Wildman–Crippen MR) is 131 cm³/mol. The molecule has 2 heteroatoms. The Morgan fingerprint density at radius 3 is 1.61 bits per heavy atom. The van der Waals surface area contributed by atoms with E-state index in [-0.39, 0.29) is 0 Å². The van der Waals surface area contributed by atoms with Gasteiger partial charge in [0.25, 0.3) is 0 Å². The normalized spacial score (nSPS) is 10.8. The molecule has 0 aromatic heterocycles. The maximum Gasteiger partial charge on any atom is 0.115 e. The van der Waals surface area contributed by atoms with Crippen LogP contribution in [-0.4, -0.2) is 5.11 Å². The van der Waals surface area contributed by atoms with E-state index in [9.17, 15) is 5.11 Å². The summed E-state index contributed by atoms with van der Waals surface area (Å²) in [7, 11) is 0. The minimum absolute atomic E-state index is 0.310. The molecule has 4 aromatic rings. The van der Waals surface area contributed by atoms with E-state index in [0.29, 0.717) is 5.75 Å². The lowest BCUT2D eigenvalue weighted by Gasteiger charge is -2.27. The minimum atomic E-state index is 0.310. The highest BCUT2D eigenvalue weighted by atomic mass is 16.3. The largest absolute Gasteiger partial charge is 0.508 e. The third kappa shape index (κ3) is 4.64. The summed E-state index contributed by atoms with van der Waals surface area (Å²) in [5.74, 6) is 0.310. The molecular weight excluding hydrogens is 378 g/mol. The molecule has 0 fully saturated rings. The Bertz CT molecular complexity index is 1160. The fraction of sp³-hybridized carbons (Fsp3) is 0.172. The number of nitrogens with zero attached hydrogens (tertiary/aromatic N) is 1. The van der Waals surface area contributed by atoms with Gasteiger partial charge < -0.3 is 10.0 Å². The van der Waals surface area contributed by atoms with Gasteiger partial charge in [0, 0.05) is 17.1 Å². The zero-order chi connectivity index (χ0) is 22.0. The number of phenols is 1. The van der Waals surface area contributed by atoms with Crippen LogP contribution >= 0.6 is 0 Å². The van der Waals surface area contributed by atoms with E-state index in [4.69, 9.17) is 0 Å². The zero-order valence-corrected chi connectivity index (χ0v) is 18.7. The van der Waals surface area contributed by atoms with Crippen LogP contribution in [0.15, 0.2) is 84.9 Å². The molecule has 0 radical (unpaired) electrons. The second kappa shape index (κ2) is 8.69. The number of hydrogen-bond donors (Lipinski definition) is 1. The molecule has 0 saturated heterocycles. The topological polar surface area (TPSA) is 23.5 Å². The van der Waals surface area contributed by atoms with Gasteiger partial charge in [0.1, 0.15) is 5.75 Å². The van der Waals surface area contributed by atoms with E-state index in [1.165, 1.54) is 27.8 Å². The standard InChI is InChI=1S/C29H29NO/c1-20-8-12-27(16-22(20)3)30(28-13-9-21(2)23(4)17-28)26-14-10-24(11-15-26)18-25-6-5-7-29(31)19-25/h5-17,19,31H,18H2,1-4H3. The maximum absolute atomic E-state index is 9.74. The molecule has 0 spiro atoms. The van der Waals surface area contributed by atoms with Gasteiger partial charge in [-0.2, -0.15) is 0 Å². The van der Waals surface area contributed by atoms with Crippen molar-refractivity contribution in [2.75, 3.05) is 4.90 Å². The molecule has 0 aliphatic carbocycles. The van der Waals surface area contributed by atoms with Crippen molar-refractivity contribution in [2.45, 2.75) is 34.1 Å². The van der Waals surface area contributed by atoms with Crippen LogP contribution < -0.4 is 4.90 Å². The second-order valence-electron chi connectivity index (χ2n) is 8.39. The highest BCUT2D eigenvalue weighted by Gasteiger charge is 2.14. The lowest BCUT2D eigenvalue weighted by Crippen LogP contribution is -2.11. The Morgan fingerprint density at radius 1 is 0.548 bits per heavy atom. The van der Waals surface area contributed by atoms with Gasteiger partial charge in [0.2, 0.25) is 0 Å². The van der Waals surface area contributed by atoms with E-state index in [2.05, 4.69) is 93.3 Å². The molecule has 31 heavy (non-hydrogen) atoms. The summed E-state index contributed by atoms with van der Waals surface area (Å²) >= 11 is 0. The Morgan fingerprint density at radius 2 is 1.10 bits per heavy atom. The third-order valence-electron chi connectivity index (χ3n) is 6.01. The number of rotatable bonds is 5. The maximum atomic E-state index is 9.74. The molecule has 0 atom stereocenters. The lowest BCUT2D eigenvalue weighted by molar-refractivity contribution is 0.474. The first-order valence-electron chi connectivity index (χ1n) is 10.7. The third-order valence-corrected chi connectivity index (χ3v) is 6.01. The molecule has 0 aliphatic heterocycles. The molecule has 0 bridgehead atoms. The van der Waals surface area contributed by atoms with Crippen LogP contribution in [-0.2, 0) is 6.42 Å². The first-order valence-corrected chi connectivity index (χ1v) is 10.7. The molecule has 0 saturated carbocycles. The number of hydrogen-bond acceptors (Lipinski definition) is 2. The summed E-state index contributed by atoms with van der Waals surface area (Å²) in [5, 5.41) is 9.74. The van der Waals surface area contributed by atoms with Crippen LogP contribution in [0.3, 0.4) is 0 Å². The zero-order valence-electron chi connectivity index (χ0n) is 18.7. The fourth-order valence-electron chi connectivity index (χ4n) is 3.84. The fourth-order valence-corrected chi connectivity index (χ4v) is 3.84. The van der Waals surface area contributed by atoms with Crippen molar-refractivity contribution in [3.63, 3.8) is 0 Å². The summed E-state index contributed by atoms with van der Waals surface area (Å²) < 4.78 is 0. The molecule has 0 unspecified atom stereocenters. The molecular formula is C29H29NO. The molecule has 0 aliphatic rings. The summed E-state index contributed by atoms with van der Waals surface area (Å²) in [4.78, 5) is 2.32. The van der Waals surface area contributed by atoms with Crippen molar-refractivity contribution in [1.29, 1.82) is 0 Å². The second-order valence-corrected chi connectivity index (χ2v) is 8.39.